The molecule has 1 fully saturated rings. The SMILES string of the molecule is COc1cccc(C(=O)N2CCN(S(=O)(=O)c3ccc(NC(C)=O)cc3)CC2)c1OC. The number of hydrogen-bond acceptors (Lipinski definition) is 6. The van der Waals surface area contributed by atoms with Crippen LogP contribution >= 0.6 is 0 Å². The zero-order valence-corrected chi connectivity index (χ0v) is 18.4. The van der Waals surface area contributed by atoms with Crippen LogP contribution in [0.3, 0.4) is 0 Å². The van der Waals surface area contributed by atoms with Crippen LogP contribution < -0.4 is 14.8 Å². The van der Waals surface area contributed by atoms with E-state index in [0.29, 0.717) is 22.7 Å². The molecule has 0 atom stereocenters. The van der Waals surface area contributed by atoms with Crippen LogP contribution in [0.25, 0.3) is 0 Å². The molecule has 1 saturated heterocycles. The van der Waals surface area contributed by atoms with E-state index in [9.17, 15) is 18.0 Å². The lowest BCUT2D eigenvalue weighted by molar-refractivity contribution is -0.114. The van der Waals surface area contributed by atoms with Crippen molar-refractivity contribution in [3.05, 3.63) is 48.0 Å². The Balaban J connectivity index is 1.70. The molecule has 0 bridgehead atoms. The number of benzene rings is 2. The van der Waals surface area contributed by atoms with E-state index in [0.717, 1.165) is 0 Å². The Labute approximate surface area is 181 Å². The topological polar surface area (TPSA) is 105 Å². The van der Waals surface area contributed by atoms with E-state index >= 15 is 0 Å². The largest absolute Gasteiger partial charge is 0.493 e. The molecule has 31 heavy (non-hydrogen) atoms. The van der Waals surface area contributed by atoms with E-state index in [1.54, 1.807) is 35.2 Å². The molecule has 1 N–H and O–H groups in total. The highest BCUT2D eigenvalue weighted by molar-refractivity contribution is 7.89. The van der Waals surface area contributed by atoms with E-state index in [-0.39, 0.29) is 42.9 Å². The van der Waals surface area contributed by atoms with E-state index in [2.05, 4.69) is 5.32 Å². The lowest BCUT2D eigenvalue weighted by atomic mass is 10.1. The predicted octanol–water partition coefficient (Wildman–Crippen LogP) is 1.81. The van der Waals surface area contributed by atoms with Gasteiger partial charge in [-0.05, 0) is 36.4 Å². The molecule has 2 aromatic carbocycles. The Bertz CT molecular complexity index is 1060. The number of para-hydroxylation sites is 1. The molecule has 2 amide bonds. The fourth-order valence-electron chi connectivity index (χ4n) is 3.42. The standard InChI is InChI=1S/C21H25N3O6S/c1-15(25)22-16-7-9-17(10-8-16)31(27,28)24-13-11-23(12-14-24)21(26)18-5-4-6-19(29-2)20(18)30-3/h4-10H,11-14H2,1-3H3,(H,22,25). The van der Waals surface area contributed by atoms with Crippen molar-refractivity contribution in [3.8, 4) is 11.5 Å². The van der Waals surface area contributed by atoms with Crippen molar-refractivity contribution in [1.29, 1.82) is 0 Å². The van der Waals surface area contributed by atoms with Crippen molar-refractivity contribution in [3.63, 3.8) is 0 Å². The highest BCUT2D eigenvalue weighted by atomic mass is 32.2. The molecule has 0 unspecified atom stereocenters. The van der Waals surface area contributed by atoms with E-state index in [4.69, 9.17) is 9.47 Å². The Morgan fingerprint density at radius 1 is 0.935 bits per heavy atom. The molecule has 0 saturated carbocycles. The molecular formula is C21H25N3O6S. The molecule has 0 aliphatic carbocycles. The quantitative estimate of drug-likeness (QED) is 0.724. The zero-order chi connectivity index (χ0) is 22.6. The van der Waals surface area contributed by atoms with Crippen LogP contribution in [0.15, 0.2) is 47.4 Å². The Morgan fingerprint density at radius 3 is 2.13 bits per heavy atom. The third kappa shape index (κ3) is 4.80. The summed E-state index contributed by atoms with van der Waals surface area (Å²) in [6.45, 7) is 2.24. The summed E-state index contributed by atoms with van der Waals surface area (Å²) in [6, 6.07) is 11.1. The van der Waals surface area contributed by atoms with Gasteiger partial charge in [0.1, 0.15) is 0 Å². The number of carbonyl (C=O) groups excluding carboxylic acids is 2. The number of piperazine rings is 1. The summed E-state index contributed by atoms with van der Waals surface area (Å²) in [6.07, 6.45) is 0. The molecule has 166 valence electrons. The third-order valence-corrected chi connectivity index (χ3v) is 6.88. The highest BCUT2D eigenvalue weighted by Crippen LogP contribution is 2.32. The number of hydrogen-bond donors (Lipinski definition) is 1. The number of nitrogens with one attached hydrogen (secondary N) is 1. The lowest BCUT2D eigenvalue weighted by Crippen LogP contribution is -2.50. The first-order valence-electron chi connectivity index (χ1n) is 9.66. The number of sulfonamides is 1. The van der Waals surface area contributed by atoms with Crippen molar-refractivity contribution in [2.75, 3.05) is 45.7 Å². The van der Waals surface area contributed by atoms with Crippen LogP contribution in [0.4, 0.5) is 5.69 Å². The van der Waals surface area contributed by atoms with Crippen LogP contribution in [0.2, 0.25) is 0 Å². The predicted molar refractivity (Wildman–Crippen MR) is 115 cm³/mol. The van der Waals surface area contributed by atoms with Crippen LogP contribution in [-0.4, -0.2) is 69.8 Å². The molecule has 1 aliphatic heterocycles. The summed E-state index contributed by atoms with van der Waals surface area (Å²) in [7, 11) is -0.739. The van der Waals surface area contributed by atoms with Crippen LogP contribution in [0, 0.1) is 0 Å². The molecule has 0 spiro atoms. The fourth-order valence-corrected chi connectivity index (χ4v) is 4.84. The number of carbonyl (C=O) groups is 2. The number of anilines is 1. The summed E-state index contributed by atoms with van der Waals surface area (Å²) in [4.78, 5) is 25.8. The molecule has 0 radical (unpaired) electrons. The number of amides is 2. The van der Waals surface area contributed by atoms with Crippen molar-refractivity contribution in [2.24, 2.45) is 0 Å². The van der Waals surface area contributed by atoms with Gasteiger partial charge in [-0.25, -0.2) is 8.42 Å². The van der Waals surface area contributed by atoms with Gasteiger partial charge in [-0.2, -0.15) is 4.31 Å². The van der Waals surface area contributed by atoms with Gasteiger partial charge in [-0.1, -0.05) is 6.07 Å². The number of methoxy groups -OCH3 is 2. The second-order valence-electron chi connectivity index (χ2n) is 6.94. The minimum absolute atomic E-state index is 0.135. The summed E-state index contributed by atoms with van der Waals surface area (Å²) in [5.41, 5.74) is 0.890. The maximum atomic E-state index is 13.0. The Kier molecular flexibility index (Phi) is 6.81. The van der Waals surface area contributed by atoms with Gasteiger partial charge in [0.15, 0.2) is 11.5 Å². The fraction of sp³-hybridized carbons (Fsp3) is 0.333. The van der Waals surface area contributed by atoms with Crippen molar-refractivity contribution < 1.29 is 27.5 Å². The van der Waals surface area contributed by atoms with Crippen LogP contribution in [0.1, 0.15) is 17.3 Å². The Hall–Kier alpha value is -3.11. The van der Waals surface area contributed by atoms with Gasteiger partial charge >= 0.3 is 0 Å². The normalized spacial score (nSPS) is 14.7. The molecule has 2 aromatic rings. The first-order valence-corrected chi connectivity index (χ1v) is 11.1. The number of rotatable bonds is 6. The minimum Gasteiger partial charge on any atom is -0.493 e. The van der Waals surface area contributed by atoms with Crippen molar-refractivity contribution in [1.82, 2.24) is 9.21 Å². The second-order valence-corrected chi connectivity index (χ2v) is 8.88. The van der Waals surface area contributed by atoms with Gasteiger partial charge in [-0.3, -0.25) is 9.59 Å². The second kappa shape index (κ2) is 9.36. The maximum absolute atomic E-state index is 13.0. The van der Waals surface area contributed by atoms with Crippen molar-refractivity contribution >= 4 is 27.5 Å². The van der Waals surface area contributed by atoms with E-state index in [1.807, 2.05) is 0 Å². The van der Waals surface area contributed by atoms with Gasteiger partial charge in [0, 0.05) is 38.8 Å². The summed E-state index contributed by atoms with van der Waals surface area (Å²) >= 11 is 0. The van der Waals surface area contributed by atoms with Gasteiger partial charge in [0.2, 0.25) is 15.9 Å². The molecular weight excluding hydrogens is 422 g/mol. The molecule has 9 nitrogen and oxygen atoms in total. The van der Waals surface area contributed by atoms with Gasteiger partial charge in [0.05, 0.1) is 24.7 Å². The zero-order valence-electron chi connectivity index (χ0n) is 17.6. The molecule has 1 aliphatic rings. The molecule has 3 rings (SSSR count). The third-order valence-electron chi connectivity index (χ3n) is 4.97. The molecule has 1 heterocycles. The maximum Gasteiger partial charge on any atom is 0.257 e. The first-order chi connectivity index (χ1) is 14.8. The average Bonchev–Trinajstić information content (AvgIpc) is 2.78. The van der Waals surface area contributed by atoms with Gasteiger partial charge in [-0.15, -0.1) is 0 Å². The highest BCUT2D eigenvalue weighted by Gasteiger charge is 2.31. The number of nitrogens with zero attached hydrogens (tertiary/aromatic N) is 2. The van der Waals surface area contributed by atoms with E-state index < -0.39 is 10.0 Å². The van der Waals surface area contributed by atoms with E-state index in [1.165, 1.54) is 37.6 Å². The summed E-state index contributed by atoms with van der Waals surface area (Å²) < 4.78 is 37.8. The average molecular weight is 448 g/mol. The minimum atomic E-state index is -3.71. The Morgan fingerprint density at radius 2 is 1.58 bits per heavy atom. The van der Waals surface area contributed by atoms with Gasteiger partial charge < -0.3 is 19.7 Å². The monoisotopic (exact) mass is 447 g/mol. The number of ether oxygens (including phenoxy) is 2. The lowest BCUT2D eigenvalue weighted by Gasteiger charge is -2.34. The molecule has 0 aromatic heterocycles. The summed E-state index contributed by atoms with van der Waals surface area (Å²) in [5, 5.41) is 2.60. The van der Waals surface area contributed by atoms with Crippen LogP contribution in [0.5, 0.6) is 11.5 Å². The molecule has 10 heteroatoms. The summed E-state index contributed by atoms with van der Waals surface area (Å²) in [5.74, 6) is 0.332. The van der Waals surface area contributed by atoms with Crippen LogP contribution in [-0.2, 0) is 14.8 Å². The van der Waals surface area contributed by atoms with Crippen molar-refractivity contribution in [2.45, 2.75) is 11.8 Å². The van der Waals surface area contributed by atoms with Gasteiger partial charge in [0.25, 0.3) is 5.91 Å². The first kappa shape index (κ1) is 22.6. The smallest absolute Gasteiger partial charge is 0.257 e.